The lowest BCUT2D eigenvalue weighted by atomic mass is 9.95. The zero-order chi connectivity index (χ0) is 11.3. The van der Waals surface area contributed by atoms with E-state index in [2.05, 4.69) is 5.32 Å². The van der Waals surface area contributed by atoms with Crippen molar-refractivity contribution in [3.05, 3.63) is 9.52 Å². The fourth-order valence-corrected chi connectivity index (χ4v) is 1.99. The minimum Gasteiger partial charge on any atom is -0.353 e. The third-order valence-corrected chi connectivity index (χ3v) is 3.46. The van der Waals surface area contributed by atoms with Crippen LogP contribution in [0.1, 0.15) is 38.5 Å². The van der Waals surface area contributed by atoms with E-state index >= 15 is 0 Å². The van der Waals surface area contributed by atoms with E-state index in [1.807, 2.05) is 0 Å². The second-order valence-corrected chi connectivity index (χ2v) is 5.15. The molecule has 1 fully saturated rings. The quantitative estimate of drug-likeness (QED) is 0.832. The fourth-order valence-electron chi connectivity index (χ4n) is 1.73. The second kappa shape index (κ2) is 6.62. The summed E-state index contributed by atoms with van der Waals surface area (Å²) in [5.74, 6) is -0.106. The summed E-state index contributed by atoms with van der Waals surface area (Å²) in [5.41, 5.74) is 0. The molecule has 15 heavy (non-hydrogen) atoms. The van der Waals surface area contributed by atoms with Gasteiger partial charge in [-0.25, -0.2) is 0 Å². The summed E-state index contributed by atoms with van der Waals surface area (Å²) in [4.78, 5) is 11.5. The van der Waals surface area contributed by atoms with E-state index in [0.29, 0.717) is 6.04 Å². The third-order valence-electron chi connectivity index (χ3n) is 2.49. The molecular formula is C10H14Cl3NO. The Hall–Kier alpha value is 0.0800. The van der Waals surface area contributed by atoms with Gasteiger partial charge in [-0.3, -0.25) is 4.79 Å². The second-order valence-electron chi connectivity index (χ2n) is 3.74. The first kappa shape index (κ1) is 13.1. The number of carbonyl (C=O) groups excluding carboxylic acids is 1. The molecule has 1 aliphatic carbocycles. The Balaban J connectivity index is 2.32. The largest absolute Gasteiger partial charge is 0.353 e. The number of halogens is 3. The average molecular weight is 271 g/mol. The lowest BCUT2D eigenvalue weighted by Crippen LogP contribution is -2.36. The Morgan fingerprint density at radius 1 is 1.13 bits per heavy atom. The minimum atomic E-state index is -0.106. The molecule has 1 aliphatic rings. The maximum absolute atomic E-state index is 11.5. The van der Waals surface area contributed by atoms with Crippen LogP contribution in [0.15, 0.2) is 9.52 Å². The Bertz CT molecular complexity index is 255. The van der Waals surface area contributed by atoms with Crippen LogP contribution in [0.5, 0.6) is 0 Å². The standard InChI is InChI=1S/C10H14Cl3NO/c11-8(10(12)13)6-9(15)14-7-4-2-1-3-5-7/h7H,1-6H2,(H,14,15). The molecule has 0 atom stereocenters. The van der Waals surface area contributed by atoms with Gasteiger partial charge in [0.25, 0.3) is 0 Å². The van der Waals surface area contributed by atoms with Gasteiger partial charge >= 0.3 is 0 Å². The summed E-state index contributed by atoms with van der Waals surface area (Å²) >= 11 is 16.6. The zero-order valence-corrected chi connectivity index (χ0v) is 10.6. The van der Waals surface area contributed by atoms with Gasteiger partial charge in [-0.2, -0.15) is 0 Å². The molecule has 0 aliphatic heterocycles. The highest BCUT2D eigenvalue weighted by molar-refractivity contribution is 6.59. The van der Waals surface area contributed by atoms with Crippen molar-refractivity contribution in [1.29, 1.82) is 0 Å². The van der Waals surface area contributed by atoms with E-state index in [0.717, 1.165) is 12.8 Å². The highest BCUT2D eigenvalue weighted by atomic mass is 35.5. The van der Waals surface area contributed by atoms with Crippen LogP contribution >= 0.6 is 34.8 Å². The normalized spacial score (nSPS) is 17.3. The van der Waals surface area contributed by atoms with Gasteiger partial charge in [0.05, 0.1) is 11.5 Å². The van der Waals surface area contributed by atoms with Crippen LogP contribution < -0.4 is 5.32 Å². The number of hydrogen-bond acceptors (Lipinski definition) is 1. The predicted octanol–water partition coefficient (Wildman–Crippen LogP) is 3.71. The van der Waals surface area contributed by atoms with Crippen LogP contribution in [0, 0.1) is 0 Å². The topological polar surface area (TPSA) is 29.1 Å². The van der Waals surface area contributed by atoms with E-state index in [1.54, 1.807) is 0 Å². The van der Waals surface area contributed by atoms with Gasteiger partial charge in [-0.15, -0.1) is 0 Å². The molecule has 86 valence electrons. The first-order chi connectivity index (χ1) is 7.09. The van der Waals surface area contributed by atoms with Crippen LogP contribution in [0.25, 0.3) is 0 Å². The predicted molar refractivity (Wildman–Crippen MR) is 64.2 cm³/mol. The Morgan fingerprint density at radius 3 is 2.27 bits per heavy atom. The van der Waals surface area contributed by atoms with E-state index in [1.165, 1.54) is 19.3 Å². The first-order valence-electron chi connectivity index (χ1n) is 5.08. The van der Waals surface area contributed by atoms with Gasteiger partial charge in [0.15, 0.2) is 0 Å². The molecule has 0 bridgehead atoms. The van der Waals surface area contributed by atoms with Gasteiger partial charge < -0.3 is 5.32 Å². The molecule has 0 spiro atoms. The summed E-state index contributed by atoms with van der Waals surface area (Å²) in [5, 5.41) is 3.13. The lowest BCUT2D eigenvalue weighted by molar-refractivity contribution is -0.121. The SMILES string of the molecule is O=C(CC(Cl)=C(Cl)Cl)NC1CCCCC1. The summed E-state index contributed by atoms with van der Waals surface area (Å²) in [6.45, 7) is 0. The average Bonchev–Trinajstić information content (AvgIpc) is 2.18. The molecule has 0 aromatic heterocycles. The molecule has 1 N–H and O–H groups in total. The smallest absolute Gasteiger partial charge is 0.225 e. The number of rotatable bonds is 3. The number of hydrogen-bond donors (Lipinski definition) is 1. The molecule has 0 heterocycles. The monoisotopic (exact) mass is 269 g/mol. The molecule has 1 rings (SSSR count). The molecule has 5 heteroatoms. The molecule has 2 nitrogen and oxygen atoms in total. The van der Waals surface area contributed by atoms with Crippen LogP contribution in [-0.2, 0) is 4.79 Å². The summed E-state index contributed by atoms with van der Waals surface area (Å²) < 4.78 is -0.0320. The Kier molecular flexibility index (Phi) is 5.80. The summed E-state index contributed by atoms with van der Waals surface area (Å²) in [6.07, 6.45) is 5.82. The van der Waals surface area contributed by atoms with Crippen LogP contribution in [0.4, 0.5) is 0 Å². The van der Waals surface area contributed by atoms with Crippen molar-refractivity contribution in [2.75, 3.05) is 0 Å². The van der Waals surface area contributed by atoms with Crippen LogP contribution in [0.2, 0.25) is 0 Å². The van der Waals surface area contributed by atoms with E-state index in [9.17, 15) is 4.79 Å². The molecule has 1 amide bonds. The Morgan fingerprint density at radius 2 is 1.73 bits per heavy atom. The fraction of sp³-hybridized carbons (Fsp3) is 0.700. The first-order valence-corrected chi connectivity index (χ1v) is 6.22. The van der Waals surface area contributed by atoms with Crippen molar-refractivity contribution in [3.63, 3.8) is 0 Å². The molecule has 0 aromatic carbocycles. The minimum absolute atomic E-state index is 0.0320. The lowest BCUT2D eigenvalue weighted by Gasteiger charge is -2.22. The van der Waals surface area contributed by atoms with Gasteiger partial charge in [-0.1, -0.05) is 54.1 Å². The van der Waals surface area contributed by atoms with Crippen molar-refractivity contribution in [1.82, 2.24) is 5.32 Å². The molecule has 0 saturated heterocycles. The molecular weight excluding hydrogens is 256 g/mol. The van der Waals surface area contributed by atoms with E-state index in [-0.39, 0.29) is 21.9 Å². The van der Waals surface area contributed by atoms with Crippen molar-refractivity contribution >= 4 is 40.7 Å². The summed E-state index contributed by atoms with van der Waals surface area (Å²) in [7, 11) is 0. The van der Waals surface area contributed by atoms with E-state index < -0.39 is 0 Å². The molecule has 1 saturated carbocycles. The highest BCUT2D eigenvalue weighted by Crippen LogP contribution is 2.21. The van der Waals surface area contributed by atoms with Gasteiger partial charge in [0.2, 0.25) is 5.91 Å². The maximum atomic E-state index is 11.5. The number of amides is 1. The maximum Gasteiger partial charge on any atom is 0.225 e. The van der Waals surface area contributed by atoms with Crippen LogP contribution in [-0.4, -0.2) is 11.9 Å². The van der Waals surface area contributed by atoms with Crippen molar-refractivity contribution in [2.45, 2.75) is 44.6 Å². The third kappa shape index (κ3) is 5.10. The Labute approximate surface area is 105 Å². The highest BCUT2D eigenvalue weighted by Gasteiger charge is 2.16. The zero-order valence-electron chi connectivity index (χ0n) is 8.36. The summed E-state index contributed by atoms with van der Waals surface area (Å²) in [6, 6.07) is 0.296. The van der Waals surface area contributed by atoms with Gasteiger partial charge in [-0.05, 0) is 12.8 Å². The molecule has 0 unspecified atom stereocenters. The number of carbonyl (C=O) groups is 1. The van der Waals surface area contributed by atoms with Gasteiger partial charge in [0.1, 0.15) is 4.49 Å². The molecule has 0 aromatic rings. The van der Waals surface area contributed by atoms with Crippen LogP contribution in [0.3, 0.4) is 0 Å². The van der Waals surface area contributed by atoms with Crippen molar-refractivity contribution in [2.24, 2.45) is 0 Å². The van der Waals surface area contributed by atoms with E-state index in [4.69, 9.17) is 34.8 Å². The molecule has 0 radical (unpaired) electrons. The number of nitrogens with one attached hydrogen (secondary N) is 1. The van der Waals surface area contributed by atoms with Gasteiger partial charge in [0, 0.05) is 6.04 Å². The van der Waals surface area contributed by atoms with Crippen molar-refractivity contribution in [3.8, 4) is 0 Å². The van der Waals surface area contributed by atoms with Crippen molar-refractivity contribution < 1.29 is 4.79 Å².